The molecule has 0 radical (unpaired) electrons. The molecule has 1 amide bonds. The van der Waals surface area contributed by atoms with Crippen molar-refractivity contribution in [1.29, 1.82) is 0 Å². The van der Waals surface area contributed by atoms with Gasteiger partial charge in [0.05, 0.1) is 29.9 Å². The van der Waals surface area contributed by atoms with Crippen LogP contribution in [0, 0.1) is 0 Å². The summed E-state index contributed by atoms with van der Waals surface area (Å²) in [6.07, 6.45) is 3.08. The Kier molecular flexibility index (Phi) is 5.98. The number of hydrogen-bond acceptors (Lipinski definition) is 4. The van der Waals surface area contributed by atoms with Gasteiger partial charge in [0.15, 0.2) is 0 Å². The zero-order valence-electron chi connectivity index (χ0n) is 13.5. The van der Waals surface area contributed by atoms with Crippen molar-refractivity contribution in [1.82, 2.24) is 0 Å². The standard InChI is InChI=1S/C17H23NO5/c1-11(2)23-15-7-6-12(17(20)21)9-14(15)18-16(19)10-13-5-3-4-8-22-13/h6-7,9,11,13H,3-5,8,10H2,1-2H3,(H,18,19)(H,20,21). The molecule has 1 atom stereocenters. The number of carboxylic acid groups (broad SMARTS) is 1. The summed E-state index contributed by atoms with van der Waals surface area (Å²) < 4.78 is 11.2. The predicted octanol–water partition coefficient (Wildman–Crippen LogP) is 3.07. The molecule has 0 saturated carbocycles. The fraction of sp³-hybridized carbons (Fsp3) is 0.529. The molecule has 23 heavy (non-hydrogen) atoms. The Morgan fingerprint density at radius 2 is 2.17 bits per heavy atom. The number of benzene rings is 1. The SMILES string of the molecule is CC(C)Oc1ccc(C(=O)O)cc1NC(=O)CC1CCCCO1. The average molecular weight is 321 g/mol. The van der Waals surface area contributed by atoms with Gasteiger partial charge in [-0.1, -0.05) is 0 Å². The lowest BCUT2D eigenvalue weighted by atomic mass is 10.1. The number of aromatic carboxylic acids is 1. The van der Waals surface area contributed by atoms with E-state index in [4.69, 9.17) is 14.6 Å². The van der Waals surface area contributed by atoms with Crippen molar-refractivity contribution in [2.75, 3.05) is 11.9 Å². The first-order valence-corrected chi connectivity index (χ1v) is 7.91. The highest BCUT2D eigenvalue weighted by atomic mass is 16.5. The Morgan fingerprint density at radius 1 is 1.39 bits per heavy atom. The van der Waals surface area contributed by atoms with Crippen LogP contribution in [-0.2, 0) is 9.53 Å². The van der Waals surface area contributed by atoms with Gasteiger partial charge in [-0.3, -0.25) is 4.79 Å². The summed E-state index contributed by atoms with van der Waals surface area (Å²) in [7, 11) is 0. The van der Waals surface area contributed by atoms with E-state index in [9.17, 15) is 9.59 Å². The highest BCUT2D eigenvalue weighted by molar-refractivity contribution is 5.95. The number of anilines is 1. The number of carboxylic acids is 1. The van der Waals surface area contributed by atoms with Gasteiger partial charge in [-0.05, 0) is 51.3 Å². The zero-order valence-corrected chi connectivity index (χ0v) is 13.5. The third kappa shape index (κ3) is 5.25. The van der Waals surface area contributed by atoms with Crippen LogP contribution in [0.2, 0.25) is 0 Å². The number of carbonyl (C=O) groups excluding carboxylic acids is 1. The molecule has 6 nitrogen and oxygen atoms in total. The van der Waals surface area contributed by atoms with Crippen LogP contribution < -0.4 is 10.1 Å². The van der Waals surface area contributed by atoms with Crippen molar-refractivity contribution in [3.8, 4) is 5.75 Å². The molecule has 126 valence electrons. The topological polar surface area (TPSA) is 84.9 Å². The molecule has 1 aromatic carbocycles. The molecule has 0 spiro atoms. The van der Waals surface area contributed by atoms with Gasteiger partial charge >= 0.3 is 5.97 Å². The van der Waals surface area contributed by atoms with E-state index < -0.39 is 5.97 Å². The van der Waals surface area contributed by atoms with Gasteiger partial charge in [-0.25, -0.2) is 4.79 Å². The Balaban J connectivity index is 2.09. The van der Waals surface area contributed by atoms with Crippen molar-refractivity contribution in [2.24, 2.45) is 0 Å². The Labute approximate surface area is 135 Å². The third-order valence-electron chi connectivity index (χ3n) is 3.55. The van der Waals surface area contributed by atoms with Crippen LogP contribution in [0.25, 0.3) is 0 Å². The highest BCUT2D eigenvalue weighted by Gasteiger charge is 2.19. The second-order valence-electron chi connectivity index (χ2n) is 5.92. The summed E-state index contributed by atoms with van der Waals surface area (Å²) in [6, 6.07) is 4.44. The Bertz CT molecular complexity index is 564. The second-order valence-corrected chi connectivity index (χ2v) is 5.92. The molecule has 6 heteroatoms. The molecule has 2 N–H and O–H groups in total. The van der Waals surface area contributed by atoms with E-state index in [1.165, 1.54) is 12.1 Å². The first kappa shape index (κ1) is 17.3. The third-order valence-corrected chi connectivity index (χ3v) is 3.55. The van der Waals surface area contributed by atoms with Gasteiger partial charge in [0.25, 0.3) is 0 Å². The largest absolute Gasteiger partial charge is 0.489 e. The molecular weight excluding hydrogens is 298 g/mol. The van der Waals surface area contributed by atoms with Crippen LogP contribution >= 0.6 is 0 Å². The van der Waals surface area contributed by atoms with Crippen molar-refractivity contribution in [3.63, 3.8) is 0 Å². The molecule has 1 heterocycles. The first-order chi connectivity index (χ1) is 11.0. The maximum Gasteiger partial charge on any atom is 0.335 e. The Hall–Kier alpha value is -2.08. The van der Waals surface area contributed by atoms with Crippen molar-refractivity contribution in [2.45, 2.75) is 51.7 Å². The fourth-order valence-corrected chi connectivity index (χ4v) is 2.49. The summed E-state index contributed by atoms with van der Waals surface area (Å²) >= 11 is 0. The van der Waals surface area contributed by atoms with Crippen LogP contribution in [0.3, 0.4) is 0 Å². The van der Waals surface area contributed by atoms with Crippen molar-refractivity contribution >= 4 is 17.6 Å². The van der Waals surface area contributed by atoms with E-state index in [1.54, 1.807) is 6.07 Å². The normalized spacial score (nSPS) is 17.8. The number of carbonyl (C=O) groups is 2. The van der Waals surface area contributed by atoms with Crippen LogP contribution in [0.15, 0.2) is 18.2 Å². The summed E-state index contributed by atoms with van der Waals surface area (Å²) in [5.74, 6) is -0.789. The lowest BCUT2D eigenvalue weighted by Crippen LogP contribution is -2.26. The Morgan fingerprint density at radius 3 is 2.78 bits per heavy atom. The van der Waals surface area contributed by atoms with Gasteiger partial charge < -0.3 is 19.9 Å². The van der Waals surface area contributed by atoms with E-state index in [2.05, 4.69) is 5.32 Å². The maximum atomic E-state index is 12.2. The van der Waals surface area contributed by atoms with E-state index in [-0.39, 0.29) is 30.1 Å². The van der Waals surface area contributed by atoms with Gasteiger partial charge in [0.1, 0.15) is 5.75 Å². The predicted molar refractivity (Wildman–Crippen MR) is 86.0 cm³/mol. The van der Waals surface area contributed by atoms with Gasteiger partial charge in [-0.15, -0.1) is 0 Å². The number of hydrogen-bond donors (Lipinski definition) is 2. The molecule has 1 unspecified atom stereocenters. The number of nitrogens with one attached hydrogen (secondary N) is 1. The summed E-state index contributed by atoms with van der Waals surface area (Å²) in [5, 5.41) is 11.9. The lowest BCUT2D eigenvalue weighted by molar-refractivity contribution is -0.119. The molecule has 0 bridgehead atoms. The molecule has 1 aliphatic heterocycles. The van der Waals surface area contributed by atoms with Crippen LogP contribution in [0.4, 0.5) is 5.69 Å². The molecule has 1 aliphatic rings. The second kappa shape index (κ2) is 7.97. The lowest BCUT2D eigenvalue weighted by Gasteiger charge is -2.22. The van der Waals surface area contributed by atoms with Gasteiger partial charge in [0, 0.05) is 6.61 Å². The molecule has 2 rings (SSSR count). The monoisotopic (exact) mass is 321 g/mol. The molecule has 0 aliphatic carbocycles. The van der Waals surface area contributed by atoms with E-state index >= 15 is 0 Å². The number of ether oxygens (including phenoxy) is 2. The molecular formula is C17H23NO5. The smallest absolute Gasteiger partial charge is 0.335 e. The highest BCUT2D eigenvalue weighted by Crippen LogP contribution is 2.27. The first-order valence-electron chi connectivity index (χ1n) is 7.91. The van der Waals surface area contributed by atoms with Crippen molar-refractivity contribution < 1.29 is 24.2 Å². The summed E-state index contributed by atoms with van der Waals surface area (Å²) in [4.78, 5) is 23.3. The summed E-state index contributed by atoms with van der Waals surface area (Å²) in [6.45, 7) is 4.42. The van der Waals surface area contributed by atoms with E-state index in [0.717, 1.165) is 19.3 Å². The maximum absolute atomic E-state index is 12.2. The molecule has 1 saturated heterocycles. The van der Waals surface area contributed by atoms with Gasteiger partial charge in [0.2, 0.25) is 5.91 Å². The molecule has 0 aromatic heterocycles. The van der Waals surface area contributed by atoms with Crippen LogP contribution in [-0.4, -0.2) is 35.8 Å². The van der Waals surface area contributed by atoms with E-state index in [0.29, 0.717) is 18.0 Å². The minimum absolute atomic E-state index is 0.0686. The summed E-state index contributed by atoms with van der Waals surface area (Å²) in [5.41, 5.74) is 0.477. The minimum atomic E-state index is -1.05. The molecule has 1 aromatic rings. The van der Waals surface area contributed by atoms with E-state index in [1.807, 2.05) is 13.8 Å². The average Bonchev–Trinajstić information content (AvgIpc) is 2.49. The van der Waals surface area contributed by atoms with Crippen molar-refractivity contribution in [3.05, 3.63) is 23.8 Å². The zero-order chi connectivity index (χ0) is 16.8. The minimum Gasteiger partial charge on any atom is -0.489 e. The van der Waals surface area contributed by atoms with Gasteiger partial charge in [-0.2, -0.15) is 0 Å². The number of rotatable bonds is 6. The number of amides is 1. The fourth-order valence-electron chi connectivity index (χ4n) is 2.49. The molecule has 1 fully saturated rings. The van der Waals surface area contributed by atoms with Crippen LogP contribution in [0.5, 0.6) is 5.75 Å². The quantitative estimate of drug-likeness (QED) is 0.841. The van der Waals surface area contributed by atoms with Crippen LogP contribution in [0.1, 0.15) is 49.9 Å².